The van der Waals surface area contributed by atoms with Crippen LogP contribution in [0.5, 0.6) is 0 Å². The van der Waals surface area contributed by atoms with Crippen molar-refractivity contribution in [3.63, 3.8) is 0 Å². The maximum Gasteiger partial charge on any atom is 0.254 e. The number of hydrogen-bond acceptors (Lipinski definition) is 1. The fourth-order valence-electron chi connectivity index (χ4n) is 1.66. The summed E-state index contributed by atoms with van der Waals surface area (Å²) in [5.41, 5.74) is -0.0543. The molecule has 1 rings (SSSR count). The summed E-state index contributed by atoms with van der Waals surface area (Å²) in [6.45, 7) is 4.07. The largest absolute Gasteiger partial charge is 0.348 e. The van der Waals surface area contributed by atoms with Crippen molar-refractivity contribution in [1.29, 1.82) is 0 Å². The highest BCUT2D eigenvalue weighted by Crippen LogP contribution is 2.15. The highest BCUT2D eigenvalue weighted by Gasteiger charge is 2.17. The van der Waals surface area contributed by atoms with Gasteiger partial charge in [-0.25, -0.2) is 4.39 Å². The van der Waals surface area contributed by atoms with E-state index in [2.05, 4.69) is 5.32 Å². The van der Waals surface area contributed by atoms with Crippen LogP contribution < -0.4 is 5.32 Å². The Morgan fingerprint density at radius 1 is 1.44 bits per heavy atom. The van der Waals surface area contributed by atoms with Gasteiger partial charge < -0.3 is 5.32 Å². The van der Waals surface area contributed by atoms with Crippen LogP contribution >= 0.6 is 23.2 Å². The summed E-state index contributed by atoms with van der Waals surface area (Å²) >= 11 is 11.5. The second kappa shape index (κ2) is 6.95. The van der Waals surface area contributed by atoms with Crippen LogP contribution in [0.15, 0.2) is 18.2 Å². The van der Waals surface area contributed by atoms with Crippen molar-refractivity contribution in [2.75, 3.05) is 5.88 Å². The lowest BCUT2D eigenvalue weighted by Crippen LogP contribution is -2.37. The Balaban J connectivity index is 2.77. The van der Waals surface area contributed by atoms with Gasteiger partial charge in [-0.1, -0.05) is 25.4 Å². The molecule has 0 aliphatic rings. The Morgan fingerprint density at radius 3 is 2.67 bits per heavy atom. The molecule has 0 spiro atoms. The fraction of sp³-hybridized carbons (Fsp3) is 0.462. The van der Waals surface area contributed by atoms with E-state index in [0.29, 0.717) is 16.8 Å². The Bertz CT molecular complexity index is 423. The Labute approximate surface area is 116 Å². The average Bonchev–Trinajstić information content (AvgIpc) is 2.30. The molecule has 0 aliphatic carbocycles. The first kappa shape index (κ1) is 15.3. The van der Waals surface area contributed by atoms with Gasteiger partial charge in [-0.05, 0) is 30.5 Å². The molecule has 0 heterocycles. The summed E-state index contributed by atoms with van der Waals surface area (Å²) in [5.74, 6) is -0.374. The van der Waals surface area contributed by atoms with E-state index < -0.39 is 11.7 Å². The van der Waals surface area contributed by atoms with E-state index >= 15 is 0 Å². The SMILES string of the molecule is CC(C)CC(CCl)NC(=O)c1cc(Cl)ccc1F. The number of alkyl halides is 1. The van der Waals surface area contributed by atoms with Crippen molar-refractivity contribution in [3.05, 3.63) is 34.6 Å². The lowest BCUT2D eigenvalue weighted by atomic mass is 10.0. The van der Waals surface area contributed by atoms with Crippen LogP contribution in [0.25, 0.3) is 0 Å². The predicted octanol–water partition coefficient (Wildman–Crippen LogP) is 3.86. The average molecular weight is 292 g/mol. The highest BCUT2D eigenvalue weighted by atomic mass is 35.5. The van der Waals surface area contributed by atoms with Crippen molar-refractivity contribution in [2.45, 2.75) is 26.3 Å². The maximum atomic E-state index is 13.5. The maximum absolute atomic E-state index is 13.5. The molecule has 5 heteroatoms. The van der Waals surface area contributed by atoms with Gasteiger partial charge in [0.1, 0.15) is 5.82 Å². The number of nitrogens with one attached hydrogen (secondary N) is 1. The first-order valence-corrected chi connectivity index (χ1v) is 6.67. The normalized spacial score (nSPS) is 12.6. The molecule has 0 saturated heterocycles. The van der Waals surface area contributed by atoms with E-state index in [0.717, 1.165) is 6.42 Å². The first-order valence-electron chi connectivity index (χ1n) is 5.76. The van der Waals surface area contributed by atoms with E-state index in [-0.39, 0.29) is 11.6 Å². The molecule has 1 atom stereocenters. The molecular weight excluding hydrogens is 276 g/mol. The molecule has 0 radical (unpaired) electrons. The molecule has 0 saturated carbocycles. The monoisotopic (exact) mass is 291 g/mol. The van der Waals surface area contributed by atoms with E-state index in [4.69, 9.17) is 23.2 Å². The van der Waals surface area contributed by atoms with Crippen LogP contribution in [0.2, 0.25) is 5.02 Å². The first-order chi connectivity index (χ1) is 8.43. The summed E-state index contributed by atoms with van der Waals surface area (Å²) in [5, 5.41) is 3.04. The Hall–Kier alpha value is -0.800. The molecular formula is C13H16Cl2FNO. The summed E-state index contributed by atoms with van der Waals surface area (Å²) < 4.78 is 13.5. The number of carbonyl (C=O) groups excluding carboxylic acids is 1. The second-order valence-corrected chi connectivity index (χ2v) is 5.32. The highest BCUT2D eigenvalue weighted by molar-refractivity contribution is 6.31. The molecule has 1 aromatic rings. The van der Waals surface area contributed by atoms with Crippen LogP contribution in [-0.4, -0.2) is 17.8 Å². The minimum Gasteiger partial charge on any atom is -0.348 e. The van der Waals surface area contributed by atoms with E-state index in [1.54, 1.807) is 0 Å². The summed E-state index contributed by atoms with van der Waals surface area (Å²) in [4.78, 5) is 11.9. The third-order valence-corrected chi connectivity index (χ3v) is 3.06. The zero-order chi connectivity index (χ0) is 13.7. The topological polar surface area (TPSA) is 29.1 Å². The van der Waals surface area contributed by atoms with Gasteiger partial charge in [0.15, 0.2) is 0 Å². The molecule has 0 fully saturated rings. The lowest BCUT2D eigenvalue weighted by molar-refractivity contribution is 0.0932. The van der Waals surface area contributed by atoms with Crippen LogP contribution in [0, 0.1) is 11.7 Å². The van der Waals surface area contributed by atoms with Crippen molar-refractivity contribution < 1.29 is 9.18 Å². The van der Waals surface area contributed by atoms with Gasteiger partial charge in [-0.3, -0.25) is 4.79 Å². The van der Waals surface area contributed by atoms with Gasteiger partial charge in [0.05, 0.1) is 5.56 Å². The number of halogens is 3. The van der Waals surface area contributed by atoms with Crippen molar-refractivity contribution in [3.8, 4) is 0 Å². The van der Waals surface area contributed by atoms with Gasteiger partial charge in [-0.2, -0.15) is 0 Å². The smallest absolute Gasteiger partial charge is 0.254 e. The van der Waals surface area contributed by atoms with E-state index in [1.165, 1.54) is 18.2 Å². The van der Waals surface area contributed by atoms with Crippen molar-refractivity contribution in [2.24, 2.45) is 5.92 Å². The molecule has 0 aliphatic heterocycles. The van der Waals surface area contributed by atoms with E-state index in [1.807, 2.05) is 13.8 Å². The number of carbonyl (C=O) groups is 1. The molecule has 18 heavy (non-hydrogen) atoms. The van der Waals surface area contributed by atoms with Crippen molar-refractivity contribution in [1.82, 2.24) is 5.32 Å². The number of hydrogen-bond donors (Lipinski definition) is 1. The molecule has 0 aromatic heterocycles. The Morgan fingerprint density at radius 2 is 2.11 bits per heavy atom. The standard InChI is InChI=1S/C13H16Cl2FNO/c1-8(2)5-10(7-14)17-13(18)11-6-9(15)3-4-12(11)16/h3-4,6,8,10H,5,7H2,1-2H3,(H,17,18). The van der Waals surface area contributed by atoms with Crippen LogP contribution in [0.3, 0.4) is 0 Å². The Kier molecular flexibility index (Phi) is 5.89. The molecule has 0 bridgehead atoms. The van der Waals surface area contributed by atoms with Crippen LogP contribution in [-0.2, 0) is 0 Å². The summed E-state index contributed by atoms with van der Waals surface area (Å²) in [6, 6.07) is 3.72. The summed E-state index contributed by atoms with van der Waals surface area (Å²) in [6.07, 6.45) is 0.747. The second-order valence-electron chi connectivity index (χ2n) is 4.58. The van der Waals surface area contributed by atoms with Gasteiger partial charge in [0.25, 0.3) is 5.91 Å². The minimum absolute atomic E-state index is 0.0543. The molecule has 1 unspecified atom stereocenters. The van der Waals surface area contributed by atoms with Gasteiger partial charge in [-0.15, -0.1) is 11.6 Å². The van der Waals surface area contributed by atoms with Crippen LogP contribution in [0.1, 0.15) is 30.6 Å². The number of rotatable bonds is 5. The molecule has 1 amide bonds. The zero-order valence-corrected chi connectivity index (χ0v) is 11.9. The van der Waals surface area contributed by atoms with Crippen LogP contribution in [0.4, 0.5) is 4.39 Å². The van der Waals surface area contributed by atoms with Gasteiger partial charge in [0, 0.05) is 16.9 Å². The lowest BCUT2D eigenvalue weighted by Gasteiger charge is -2.18. The quantitative estimate of drug-likeness (QED) is 0.820. The molecule has 1 N–H and O–H groups in total. The third-order valence-electron chi connectivity index (χ3n) is 2.45. The third kappa shape index (κ3) is 4.46. The molecule has 1 aromatic carbocycles. The summed E-state index contributed by atoms with van der Waals surface area (Å²) in [7, 11) is 0. The van der Waals surface area contributed by atoms with Gasteiger partial charge >= 0.3 is 0 Å². The van der Waals surface area contributed by atoms with Gasteiger partial charge in [0.2, 0.25) is 0 Å². The molecule has 2 nitrogen and oxygen atoms in total. The van der Waals surface area contributed by atoms with Crippen molar-refractivity contribution >= 4 is 29.1 Å². The minimum atomic E-state index is -0.588. The molecule has 100 valence electrons. The number of amides is 1. The van der Waals surface area contributed by atoms with E-state index in [9.17, 15) is 9.18 Å². The number of benzene rings is 1. The fourth-order valence-corrected chi connectivity index (χ4v) is 2.04. The predicted molar refractivity (Wildman–Crippen MR) is 72.8 cm³/mol. The zero-order valence-electron chi connectivity index (χ0n) is 10.3.